The molecule has 0 radical (unpaired) electrons. The number of pyridine rings is 1. The van der Waals surface area contributed by atoms with Crippen molar-refractivity contribution < 1.29 is 9.53 Å². The number of hydrogen-bond acceptors (Lipinski definition) is 3. The molecule has 0 fully saturated rings. The highest BCUT2D eigenvalue weighted by Gasteiger charge is 2.15. The zero-order valence-electron chi connectivity index (χ0n) is 12.7. The number of halogens is 2. The molecule has 0 spiro atoms. The number of nitrogens with one attached hydrogen (secondary N) is 1. The molecule has 2 aromatic rings. The van der Waals surface area contributed by atoms with Crippen molar-refractivity contribution in [1.29, 1.82) is 0 Å². The smallest absolute Gasteiger partial charge is 0.258 e. The fourth-order valence-corrected chi connectivity index (χ4v) is 2.55. The molecule has 6 heteroatoms. The number of amides is 1. The standard InChI is InChI=1S/C16H18Cl2N2O2/c1-4-9(2)19-14(21)8-22-16-13(18)7-12(17)11-6-5-10(3)20-15(11)16/h5-7,9H,4,8H2,1-3H3,(H,19,21)/t9-/m1/s1. The molecule has 0 aliphatic heterocycles. The van der Waals surface area contributed by atoms with Crippen LogP contribution < -0.4 is 10.1 Å². The highest BCUT2D eigenvalue weighted by Crippen LogP contribution is 2.37. The molecule has 1 atom stereocenters. The van der Waals surface area contributed by atoms with E-state index in [0.717, 1.165) is 17.5 Å². The normalized spacial score (nSPS) is 12.2. The lowest BCUT2D eigenvalue weighted by Crippen LogP contribution is -2.35. The average Bonchev–Trinajstić information content (AvgIpc) is 2.46. The predicted molar refractivity (Wildman–Crippen MR) is 89.9 cm³/mol. The second-order valence-corrected chi connectivity index (χ2v) is 6.00. The minimum atomic E-state index is -0.193. The van der Waals surface area contributed by atoms with Gasteiger partial charge in [-0.3, -0.25) is 4.79 Å². The Labute approximate surface area is 139 Å². The van der Waals surface area contributed by atoms with E-state index in [2.05, 4.69) is 10.3 Å². The summed E-state index contributed by atoms with van der Waals surface area (Å²) in [4.78, 5) is 16.3. The van der Waals surface area contributed by atoms with Crippen molar-refractivity contribution >= 4 is 40.0 Å². The number of fused-ring (bicyclic) bond motifs is 1. The molecule has 1 amide bonds. The van der Waals surface area contributed by atoms with Gasteiger partial charge in [0.2, 0.25) is 0 Å². The molecule has 118 valence electrons. The van der Waals surface area contributed by atoms with Crippen LogP contribution in [0, 0.1) is 6.92 Å². The van der Waals surface area contributed by atoms with Crippen molar-refractivity contribution in [1.82, 2.24) is 10.3 Å². The summed E-state index contributed by atoms with van der Waals surface area (Å²) in [6, 6.07) is 5.43. The minimum absolute atomic E-state index is 0.105. The molecule has 1 N–H and O–H groups in total. The third-order valence-corrected chi connectivity index (χ3v) is 3.94. The first-order chi connectivity index (χ1) is 10.4. The molecule has 1 aromatic carbocycles. The Hall–Kier alpha value is -1.52. The lowest BCUT2D eigenvalue weighted by Gasteiger charge is -2.14. The summed E-state index contributed by atoms with van der Waals surface area (Å²) in [7, 11) is 0. The molecule has 0 aliphatic rings. The number of aromatic nitrogens is 1. The summed E-state index contributed by atoms with van der Waals surface area (Å²) in [6.45, 7) is 5.69. The zero-order chi connectivity index (χ0) is 16.3. The number of carbonyl (C=O) groups is 1. The molecule has 1 aromatic heterocycles. The van der Waals surface area contributed by atoms with E-state index in [-0.39, 0.29) is 18.6 Å². The van der Waals surface area contributed by atoms with Crippen molar-refractivity contribution in [2.24, 2.45) is 0 Å². The first kappa shape index (κ1) is 16.8. The monoisotopic (exact) mass is 340 g/mol. The van der Waals surface area contributed by atoms with Gasteiger partial charge in [-0.15, -0.1) is 0 Å². The number of benzene rings is 1. The van der Waals surface area contributed by atoms with Crippen LogP contribution >= 0.6 is 23.2 Å². The van der Waals surface area contributed by atoms with E-state index in [1.165, 1.54) is 0 Å². The molecule has 2 rings (SSSR count). The predicted octanol–water partition coefficient (Wildman–Crippen LogP) is 4.14. The molecular formula is C16H18Cl2N2O2. The summed E-state index contributed by atoms with van der Waals surface area (Å²) < 4.78 is 5.60. The van der Waals surface area contributed by atoms with Gasteiger partial charge in [0.1, 0.15) is 5.52 Å². The number of nitrogens with zero attached hydrogens (tertiary/aromatic N) is 1. The van der Waals surface area contributed by atoms with Crippen LogP contribution in [0.3, 0.4) is 0 Å². The Kier molecular flexibility index (Phi) is 5.48. The molecule has 0 aliphatic carbocycles. The van der Waals surface area contributed by atoms with Crippen LogP contribution in [-0.2, 0) is 4.79 Å². The van der Waals surface area contributed by atoms with Gasteiger partial charge in [-0.1, -0.05) is 30.1 Å². The summed E-state index contributed by atoms with van der Waals surface area (Å²) in [5.41, 5.74) is 1.38. The fraction of sp³-hybridized carbons (Fsp3) is 0.375. The van der Waals surface area contributed by atoms with Crippen LogP contribution in [0.2, 0.25) is 10.0 Å². The average molecular weight is 341 g/mol. The van der Waals surface area contributed by atoms with Crippen LogP contribution in [0.4, 0.5) is 0 Å². The number of rotatable bonds is 5. The summed E-state index contributed by atoms with van der Waals surface area (Å²) in [6.07, 6.45) is 0.858. The summed E-state index contributed by atoms with van der Waals surface area (Å²) in [5.74, 6) is 0.185. The van der Waals surface area contributed by atoms with Gasteiger partial charge in [-0.05, 0) is 38.5 Å². The SMILES string of the molecule is CC[C@@H](C)NC(=O)COc1c(Cl)cc(Cl)c2ccc(C)nc12. The van der Waals surface area contributed by atoms with Crippen LogP contribution in [0.1, 0.15) is 26.0 Å². The Morgan fingerprint density at radius 3 is 2.77 bits per heavy atom. The maximum atomic E-state index is 11.8. The molecular weight excluding hydrogens is 323 g/mol. The van der Waals surface area contributed by atoms with E-state index in [0.29, 0.717) is 21.3 Å². The quantitative estimate of drug-likeness (QED) is 0.889. The van der Waals surface area contributed by atoms with Crippen LogP contribution in [0.15, 0.2) is 18.2 Å². The van der Waals surface area contributed by atoms with Gasteiger partial charge in [0.05, 0.1) is 10.0 Å². The number of hydrogen-bond donors (Lipinski definition) is 1. The molecule has 0 saturated heterocycles. The number of carbonyl (C=O) groups excluding carboxylic acids is 1. The fourth-order valence-electron chi connectivity index (χ4n) is 1.98. The highest BCUT2D eigenvalue weighted by atomic mass is 35.5. The van der Waals surface area contributed by atoms with Gasteiger partial charge in [-0.25, -0.2) is 4.98 Å². The van der Waals surface area contributed by atoms with Crippen molar-refractivity contribution in [3.8, 4) is 5.75 Å². The van der Waals surface area contributed by atoms with Gasteiger partial charge in [0.25, 0.3) is 5.91 Å². The highest BCUT2D eigenvalue weighted by molar-refractivity contribution is 6.39. The van der Waals surface area contributed by atoms with E-state index < -0.39 is 0 Å². The third kappa shape index (κ3) is 3.81. The molecule has 1 heterocycles. The Balaban J connectivity index is 2.27. The van der Waals surface area contributed by atoms with Crippen molar-refractivity contribution in [2.45, 2.75) is 33.2 Å². The maximum absolute atomic E-state index is 11.8. The molecule has 0 bridgehead atoms. The van der Waals surface area contributed by atoms with E-state index >= 15 is 0 Å². The largest absolute Gasteiger partial charge is 0.480 e. The Morgan fingerprint density at radius 1 is 1.36 bits per heavy atom. The van der Waals surface area contributed by atoms with E-state index in [1.54, 1.807) is 6.07 Å². The van der Waals surface area contributed by atoms with E-state index in [4.69, 9.17) is 27.9 Å². The molecule has 0 unspecified atom stereocenters. The van der Waals surface area contributed by atoms with Gasteiger partial charge in [-0.2, -0.15) is 0 Å². The minimum Gasteiger partial charge on any atom is -0.480 e. The third-order valence-electron chi connectivity index (χ3n) is 3.34. The number of aryl methyl sites for hydroxylation is 1. The maximum Gasteiger partial charge on any atom is 0.258 e. The van der Waals surface area contributed by atoms with Crippen molar-refractivity contribution in [3.63, 3.8) is 0 Å². The first-order valence-electron chi connectivity index (χ1n) is 7.10. The second kappa shape index (κ2) is 7.16. The Bertz CT molecular complexity index is 704. The van der Waals surface area contributed by atoms with Crippen molar-refractivity contribution in [3.05, 3.63) is 33.9 Å². The topological polar surface area (TPSA) is 51.2 Å². The first-order valence-corrected chi connectivity index (χ1v) is 7.85. The van der Waals surface area contributed by atoms with Crippen LogP contribution in [0.25, 0.3) is 10.9 Å². The number of ether oxygens (including phenoxy) is 1. The lowest BCUT2D eigenvalue weighted by atomic mass is 10.2. The van der Waals surface area contributed by atoms with Gasteiger partial charge >= 0.3 is 0 Å². The summed E-state index contributed by atoms with van der Waals surface area (Å²) >= 11 is 12.4. The summed E-state index contributed by atoms with van der Waals surface area (Å²) in [5, 5.41) is 4.42. The van der Waals surface area contributed by atoms with E-state index in [1.807, 2.05) is 32.9 Å². The van der Waals surface area contributed by atoms with Gasteiger partial charge < -0.3 is 10.1 Å². The van der Waals surface area contributed by atoms with Gasteiger partial charge in [0.15, 0.2) is 12.4 Å². The molecule has 22 heavy (non-hydrogen) atoms. The Morgan fingerprint density at radius 2 is 2.09 bits per heavy atom. The second-order valence-electron chi connectivity index (χ2n) is 5.18. The van der Waals surface area contributed by atoms with Crippen LogP contribution in [0.5, 0.6) is 5.75 Å². The molecule has 0 saturated carbocycles. The van der Waals surface area contributed by atoms with Gasteiger partial charge in [0, 0.05) is 17.1 Å². The lowest BCUT2D eigenvalue weighted by molar-refractivity contribution is -0.123. The van der Waals surface area contributed by atoms with Crippen molar-refractivity contribution in [2.75, 3.05) is 6.61 Å². The zero-order valence-corrected chi connectivity index (χ0v) is 14.3. The van der Waals surface area contributed by atoms with E-state index in [9.17, 15) is 4.79 Å². The van der Waals surface area contributed by atoms with Crippen LogP contribution in [-0.4, -0.2) is 23.5 Å². The molecule has 4 nitrogen and oxygen atoms in total.